The molecule has 1 aromatic carbocycles. The lowest BCUT2D eigenvalue weighted by Crippen LogP contribution is -2.33. The summed E-state index contributed by atoms with van der Waals surface area (Å²) in [6, 6.07) is 4.91. The maximum Gasteiger partial charge on any atom is 0.416 e. The Hall–Kier alpha value is -2.61. The molecule has 5 nitrogen and oxygen atoms in total. The maximum atomic E-state index is 13.3. The van der Waals surface area contributed by atoms with Crippen LogP contribution in [0, 0.1) is 0 Å². The number of nitrogens with zero attached hydrogens (tertiary/aromatic N) is 1. The zero-order valence-electron chi connectivity index (χ0n) is 15.5. The van der Waals surface area contributed by atoms with Crippen molar-refractivity contribution < 1.29 is 32.2 Å². The van der Waals surface area contributed by atoms with Crippen molar-refractivity contribution in [1.82, 2.24) is 4.90 Å². The highest BCUT2D eigenvalue weighted by atomic mass is 19.4. The number of benzene rings is 1. The molecule has 0 spiro atoms. The summed E-state index contributed by atoms with van der Waals surface area (Å²) in [5.74, 6) is -1.30. The summed E-state index contributed by atoms with van der Waals surface area (Å²) in [4.78, 5) is 26.6. The van der Waals surface area contributed by atoms with Crippen LogP contribution in [-0.2, 0) is 25.2 Å². The van der Waals surface area contributed by atoms with Crippen LogP contribution < -0.4 is 0 Å². The largest absolute Gasteiger partial charge is 0.465 e. The smallest absolute Gasteiger partial charge is 0.416 e. The molecular weight excluding hydrogens is 375 g/mol. The first kappa shape index (κ1) is 20.1. The van der Waals surface area contributed by atoms with Gasteiger partial charge in [0, 0.05) is 12.3 Å². The summed E-state index contributed by atoms with van der Waals surface area (Å²) in [6.07, 6.45) is -1.99. The third-order valence-corrected chi connectivity index (χ3v) is 4.88. The first-order valence-electron chi connectivity index (χ1n) is 8.85. The van der Waals surface area contributed by atoms with Gasteiger partial charge in [0.25, 0.3) is 5.91 Å². The van der Waals surface area contributed by atoms with E-state index < -0.39 is 23.6 Å². The maximum absolute atomic E-state index is 13.3. The average molecular weight is 395 g/mol. The Morgan fingerprint density at radius 3 is 2.68 bits per heavy atom. The summed E-state index contributed by atoms with van der Waals surface area (Å²) in [7, 11) is 1.16. The minimum Gasteiger partial charge on any atom is -0.465 e. The van der Waals surface area contributed by atoms with E-state index in [1.807, 2.05) is 0 Å². The number of ether oxygens (including phenoxy) is 2. The Balaban J connectivity index is 2.05. The Kier molecular flexibility index (Phi) is 5.60. The van der Waals surface area contributed by atoms with Crippen LogP contribution >= 0.6 is 0 Å². The number of hydrogen-bond acceptors (Lipinski definition) is 4. The SMILES string of the molecule is COC(=O)C1=C(C)N(C[C@H]2CCCO2)C(=O)/C1=C\c1ccccc1C(F)(F)F. The van der Waals surface area contributed by atoms with Gasteiger partial charge in [0.2, 0.25) is 0 Å². The molecule has 1 atom stereocenters. The second kappa shape index (κ2) is 7.79. The third-order valence-electron chi connectivity index (χ3n) is 4.88. The predicted octanol–water partition coefficient (Wildman–Crippen LogP) is 3.56. The van der Waals surface area contributed by atoms with Crippen LogP contribution in [-0.4, -0.2) is 43.1 Å². The molecule has 0 radical (unpaired) electrons. The molecule has 150 valence electrons. The van der Waals surface area contributed by atoms with Gasteiger partial charge in [-0.05, 0) is 37.5 Å². The summed E-state index contributed by atoms with van der Waals surface area (Å²) in [5.41, 5.74) is -0.856. The van der Waals surface area contributed by atoms with E-state index in [0.29, 0.717) is 12.3 Å². The molecular formula is C20H20F3NO4. The van der Waals surface area contributed by atoms with Crippen molar-refractivity contribution >= 4 is 18.0 Å². The standard InChI is InChI=1S/C20H20F3NO4/c1-12-17(19(26)27-2)15(18(25)24(12)11-14-7-5-9-28-14)10-13-6-3-4-8-16(13)20(21,22)23/h3-4,6,8,10,14H,5,7,9,11H2,1-2H3/b15-10-/t14-/m1/s1. The Morgan fingerprint density at radius 1 is 1.36 bits per heavy atom. The molecule has 2 aliphatic rings. The molecule has 0 saturated carbocycles. The predicted molar refractivity (Wildman–Crippen MR) is 94.8 cm³/mol. The van der Waals surface area contributed by atoms with Gasteiger partial charge in [0.1, 0.15) is 0 Å². The van der Waals surface area contributed by atoms with E-state index in [1.54, 1.807) is 6.92 Å². The number of hydrogen-bond donors (Lipinski definition) is 0. The van der Waals surface area contributed by atoms with E-state index in [0.717, 1.165) is 32.1 Å². The second-order valence-electron chi connectivity index (χ2n) is 6.65. The second-order valence-corrected chi connectivity index (χ2v) is 6.65. The first-order chi connectivity index (χ1) is 13.2. The molecule has 0 bridgehead atoms. The van der Waals surface area contributed by atoms with Crippen molar-refractivity contribution in [2.75, 3.05) is 20.3 Å². The van der Waals surface area contributed by atoms with Crippen LogP contribution in [0.2, 0.25) is 0 Å². The van der Waals surface area contributed by atoms with Gasteiger partial charge in [-0.25, -0.2) is 4.79 Å². The van der Waals surface area contributed by atoms with Gasteiger partial charge in [0.15, 0.2) is 0 Å². The molecule has 0 unspecified atom stereocenters. The van der Waals surface area contributed by atoms with E-state index >= 15 is 0 Å². The monoisotopic (exact) mass is 395 g/mol. The number of allylic oxidation sites excluding steroid dienone is 1. The topological polar surface area (TPSA) is 55.8 Å². The molecule has 2 heterocycles. The van der Waals surface area contributed by atoms with Gasteiger partial charge in [0.05, 0.1) is 36.5 Å². The molecule has 2 aliphatic heterocycles. The zero-order chi connectivity index (χ0) is 20.5. The highest BCUT2D eigenvalue weighted by Gasteiger charge is 2.39. The molecule has 1 amide bonds. The van der Waals surface area contributed by atoms with Gasteiger partial charge in [-0.15, -0.1) is 0 Å². The zero-order valence-corrected chi connectivity index (χ0v) is 15.5. The minimum absolute atomic E-state index is 0.0255. The van der Waals surface area contributed by atoms with Crippen molar-refractivity contribution in [2.45, 2.75) is 32.0 Å². The van der Waals surface area contributed by atoms with Gasteiger partial charge >= 0.3 is 12.1 Å². The van der Waals surface area contributed by atoms with Crippen LogP contribution in [0.15, 0.2) is 41.1 Å². The fraction of sp³-hybridized carbons (Fsp3) is 0.400. The molecule has 1 aromatic rings. The van der Waals surface area contributed by atoms with Crippen molar-refractivity contribution in [1.29, 1.82) is 0 Å². The fourth-order valence-corrected chi connectivity index (χ4v) is 3.48. The van der Waals surface area contributed by atoms with Crippen LogP contribution in [0.4, 0.5) is 13.2 Å². The van der Waals surface area contributed by atoms with Gasteiger partial charge in [-0.1, -0.05) is 18.2 Å². The third kappa shape index (κ3) is 3.82. The number of carbonyl (C=O) groups excluding carboxylic acids is 2. The van der Waals surface area contributed by atoms with E-state index in [-0.39, 0.29) is 29.4 Å². The number of esters is 1. The molecule has 1 fully saturated rings. The number of amides is 1. The summed E-state index contributed by atoms with van der Waals surface area (Å²) in [6.45, 7) is 2.42. The minimum atomic E-state index is -4.59. The Morgan fingerprint density at radius 2 is 2.07 bits per heavy atom. The van der Waals surface area contributed by atoms with Crippen LogP contribution in [0.5, 0.6) is 0 Å². The highest BCUT2D eigenvalue weighted by molar-refractivity contribution is 6.16. The lowest BCUT2D eigenvalue weighted by Gasteiger charge is -2.21. The molecule has 0 N–H and O–H groups in total. The van der Waals surface area contributed by atoms with Crippen LogP contribution in [0.25, 0.3) is 6.08 Å². The molecule has 0 aliphatic carbocycles. The molecule has 28 heavy (non-hydrogen) atoms. The Labute approximate surface area is 160 Å². The summed E-state index contributed by atoms with van der Waals surface area (Å²) < 4.78 is 50.3. The number of methoxy groups -OCH3 is 1. The summed E-state index contributed by atoms with van der Waals surface area (Å²) in [5, 5.41) is 0. The molecule has 0 aromatic heterocycles. The normalized spacial score (nSPS) is 21.8. The van der Waals surface area contributed by atoms with E-state index in [9.17, 15) is 22.8 Å². The van der Waals surface area contributed by atoms with Gasteiger partial charge in [-0.3, -0.25) is 4.79 Å². The highest BCUT2D eigenvalue weighted by Crippen LogP contribution is 2.36. The van der Waals surface area contributed by atoms with Crippen molar-refractivity contribution in [3.8, 4) is 0 Å². The average Bonchev–Trinajstić information content (AvgIpc) is 3.24. The molecule has 8 heteroatoms. The number of rotatable bonds is 4. The molecule has 3 rings (SSSR count). The van der Waals surface area contributed by atoms with E-state index in [1.165, 1.54) is 23.1 Å². The van der Waals surface area contributed by atoms with Crippen LogP contribution in [0.1, 0.15) is 30.9 Å². The van der Waals surface area contributed by atoms with Gasteiger partial charge in [-0.2, -0.15) is 13.2 Å². The number of halogens is 3. The van der Waals surface area contributed by atoms with Crippen molar-refractivity contribution in [3.63, 3.8) is 0 Å². The molecule has 1 saturated heterocycles. The number of carbonyl (C=O) groups is 2. The van der Waals surface area contributed by atoms with E-state index in [4.69, 9.17) is 9.47 Å². The van der Waals surface area contributed by atoms with Crippen LogP contribution in [0.3, 0.4) is 0 Å². The lowest BCUT2D eigenvalue weighted by molar-refractivity contribution is -0.138. The lowest BCUT2D eigenvalue weighted by atomic mass is 10.00. The quantitative estimate of drug-likeness (QED) is 0.578. The van der Waals surface area contributed by atoms with E-state index in [2.05, 4.69) is 0 Å². The first-order valence-corrected chi connectivity index (χ1v) is 8.85. The number of alkyl halides is 3. The summed E-state index contributed by atoms with van der Waals surface area (Å²) >= 11 is 0. The van der Waals surface area contributed by atoms with Crippen molar-refractivity contribution in [3.05, 3.63) is 52.2 Å². The Bertz CT molecular complexity index is 851. The van der Waals surface area contributed by atoms with Crippen molar-refractivity contribution in [2.24, 2.45) is 0 Å². The van der Waals surface area contributed by atoms with Gasteiger partial charge < -0.3 is 14.4 Å². The fourth-order valence-electron chi connectivity index (χ4n) is 3.48.